The van der Waals surface area contributed by atoms with Gasteiger partial charge in [-0.05, 0) is 44.5 Å². The van der Waals surface area contributed by atoms with Gasteiger partial charge in [0.1, 0.15) is 11.8 Å². The van der Waals surface area contributed by atoms with Crippen LogP contribution in [0.4, 0.5) is 0 Å². The minimum absolute atomic E-state index is 0.0174. The SMILES string of the molecule is CCC(C)NC(=O)C(C)n1c(=O)n(-c2cccc(OC)c2)c(=O)c2ccccc21. The fourth-order valence-electron chi connectivity index (χ4n) is 3.22. The van der Waals surface area contributed by atoms with Crippen molar-refractivity contribution in [2.24, 2.45) is 0 Å². The number of methoxy groups -OCH3 is 1. The van der Waals surface area contributed by atoms with E-state index in [1.807, 2.05) is 13.8 Å². The number of carbonyl (C=O) groups excluding carboxylic acids is 1. The molecule has 1 amide bonds. The highest BCUT2D eigenvalue weighted by atomic mass is 16.5. The molecule has 0 radical (unpaired) electrons. The van der Waals surface area contributed by atoms with Crippen LogP contribution in [0.15, 0.2) is 58.1 Å². The fraction of sp³-hybridized carbons (Fsp3) is 0.318. The average Bonchev–Trinajstić information content (AvgIpc) is 2.73. The fourth-order valence-corrected chi connectivity index (χ4v) is 3.22. The Morgan fingerprint density at radius 1 is 1.10 bits per heavy atom. The number of ether oxygens (including phenoxy) is 1. The van der Waals surface area contributed by atoms with Crippen LogP contribution in [0.5, 0.6) is 5.75 Å². The van der Waals surface area contributed by atoms with Crippen LogP contribution in [-0.4, -0.2) is 28.2 Å². The van der Waals surface area contributed by atoms with Crippen LogP contribution in [-0.2, 0) is 4.79 Å². The molecule has 152 valence electrons. The summed E-state index contributed by atoms with van der Waals surface area (Å²) in [6, 6.07) is 12.7. The summed E-state index contributed by atoms with van der Waals surface area (Å²) in [4.78, 5) is 39.3. The van der Waals surface area contributed by atoms with Crippen LogP contribution in [0.1, 0.15) is 33.2 Å². The summed E-state index contributed by atoms with van der Waals surface area (Å²) < 4.78 is 7.68. The van der Waals surface area contributed by atoms with Crippen molar-refractivity contribution in [3.05, 3.63) is 69.4 Å². The number of rotatable bonds is 6. The smallest absolute Gasteiger partial charge is 0.336 e. The number of amides is 1. The van der Waals surface area contributed by atoms with Gasteiger partial charge in [0, 0.05) is 12.1 Å². The highest BCUT2D eigenvalue weighted by Gasteiger charge is 2.23. The van der Waals surface area contributed by atoms with Gasteiger partial charge in [0.15, 0.2) is 0 Å². The number of fused-ring (bicyclic) bond motifs is 1. The molecule has 0 aliphatic rings. The van der Waals surface area contributed by atoms with Gasteiger partial charge in [0.2, 0.25) is 5.91 Å². The molecule has 3 rings (SSSR count). The molecule has 2 aromatic carbocycles. The number of nitrogens with zero attached hydrogens (tertiary/aromatic N) is 2. The molecule has 0 saturated carbocycles. The molecule has 29 heavy (non-hydrogen) atoms. The lowest BCUT2D eigenvalue weighted by Crippen LogP contribution is -2.45. The van der Waals surface area contributed by atoms with Crippen molar-refractivity contribution in [2.45, 2.75) is 39.3 Å². The van der Waals surface area contributed by atoms with Gasteiger partial charge in [-0.2, -0.15) is 0 Å². The molecular formula is C22H25N3O4. The van der Waals surface area contributed by atoms with Crippen molar-refractivity contribution in [3.8, 4) is 11.4 Å². The molecule has 1 N–H and O–H groups in total. The quantitative estimate of drug-likeness (QED) is 0.696. The Morgan fingerprint density at radius 2 is 1.83 bits per heavy atom. The molecule has 7 heteroatoms. The molecule has 0 fully saturated rings. The normalized spacial score (nSPS) is 13.1. The first-order chi connectivity index (χ1) is 13.9. The van der Waals surface area contributed by atoms with E-state index < -0.39 is 17.3 Å². The lowest BCUT2D eigenvalue weighted by atomic mass is 10.2. The average molecular weight is 395 g/mol. The minimum atomic E-state index is -0.793. The minimum Gasteiger partial charge on any atom is -0.497 e. The standard InChI is InChI=1S/C22H25N3O4/c1-5-14(2)23-20(26)15(3)24-19-12-7-6-11-18(19)21(27)25(22(24)28)16-9-8-10-17(13-16)29-4/h6-15H,5H2,1-4H3,(H,23,26). The van der Waals surface area contributed by atoms with E-state index in [4.69, 9.17) is 4.74 Å². The summed E-state index contributed by atoms with van der Waals surface area (Å²) in [7, 11) is 1.52. The van der Waals surface area contributed by atoms with E-state index in [1.165, 1.54) is 11.7 Å². The van der Waals surface area contributed by atoms with E-state index in [9.17, 15) is 14.4 Å². The van der Waals surface area contributed by atoms with Gasteiger partial charge < -0.3 is 10.1 Å². The number of para-hydroxylation sites is 1. The summed E-state index contributed by atoms with van der Waals surface area (Å²) in [5, 5.41) is 3.27. The maximum Gasteiger partial charge on any atom is 0.336 e. The summed E-state index contributed by atoms with van der Waals surface area (Å²) in [5.41, 5.74) is -0.208. The van der Waals surface area contributed by atoms with Gasteiger partial charge in [-0.15, -0.1) is 0 Å². The van der Waals surface area contributed by atoms with Crippen molar-refractivity contribution < 1.29 is 9.53 Å². The van der Waals surface area contributed by atoms with Gasteiger partial charge in [-0.1, -0.05) is 25.1 Å². The van der Waals surface area contributed by atoms with Gasteiger partial charge in [0.05, 0.1) is 23.7 Å². The van der Waals surface area contributed by atoms with Gasteiger partial charge in [-0.3, -0.25) is 14.2 Å². The summed E-state index contributed by atoms with van der Waals surface area (Å²) >= 11 is 0. The van der Waals surface area contributed by atoms with E-state index in [-0.39, 0.29) is 11.9 Å². The van der Waals surface area contributed by atoms with Gasteiger partial charge >= 0.3 is 5.69 Å². The van der Waals surface area contributed by atoms with Gasteiger partial charge in [0.25, 0.3) is 5.56 Å². The Morgan fingerprint density at radius 3 is 2.52 bits per heavy atom. The zero-order chi connectivity index (χ0) is 21.1. The van der Waals surface area contributed by atoms with Crippen molar-refractivity contribution in [1.82, 2.24) is 14.5 Å². The number of nitrogens with one attached hydrogen (secondary N) is 1. The second-order valence-electron chi connectivity index (χ2n) is 7.01. The Kier molecular flexibility index (Phi) is 5.87. The van der Waals surface area contributed by atoms with Crippen LogP contribution in [0.3, 0.4) is 0 Å². The molecule has 2 unspecified atom stereocenters. The van der Waals surface area contributed by atoms with Crippen LogP contribution in [0.25, 0.3) is 16.6 Å². The number of hydrogen-bond donors (Lipinski definition) is 1. The highest BCUT2D eigenvalue weighted by Crippen LogP contribution is 2.17. The lowest BCUT2D eigenvalue weighted by Gasteiger charge is -2.21. The van der Waals surface area contributed by atoms with Crippen LogP contribution < -0.4 is 21.3 Å². The lowest BCUT2D eigenvalue weighted by molar-refractivity contribution is -0.124. The van der Waals surface area contributed by atoms with Crippen LogP contribution in [0, 0.1) is 0 Å². The van der Waals surface area contributed by atoms with Crippen LogP contribution >= 0.6 is 0 Å². The topological polar surface area (TPSA) is 82.3 Å². The van der Waals surface area contributed by atoms with Crippen molar-refractivity contribution in [2.75, 3.05) is 7.11 Å². The Balaban J connectivity index is 2.29. The first kappa shape index (κ1) is 20.4. The Hall–Kier alpha value is -3.35. The zero-order valence-corrected chi connectivity index (χ0v) is 17.0. The third-order valence-corrected chi connectivity index (χ3v) is 5.07. The summed E-state index contributed by atoms with van der Waals surface area (Å²) in [6.45, 7) is 5.54. The monoisotopic (exact) mass is 395 g/mol. The molecule has 0 saturated heterocycles. The maximum absolute atomic E-state index is 13.4. The molecule has 1 aromatic heterocycles. The largest absolute Gasteiger partial charge is 0.497 e. The number of aromatic nitrogens is 2. The predicted octanol–water partition coefficient (Wildman–Crippen LogP) is 2.64. The summed E-state index contributed by atoms with van der Waals surface area (Å²) in [6.07, 6.45) is 0.775. The van der Waals surface area contributed by atoms with Crippen molar-refractivity contribution >= 4 is 16.8 Å². The number of hydrogen-bond acceptors (Lipinski definition) is 4. The van der Waals surface area contributed by atoms with Gasteiger partial charge in [-0.25, -0.2) is 9.36 Å². The molecule has 0 bridgehead atoms. The van der Waals surface area contributed by atoms with Crippen molar-refractivity contribution in [1.29, 1.82) is 0 Å². The third kappa shape index (κ3) is 3.81. The molecule has 2 atom stereocenters. The van der Waals surface area contributed by atoms with Crippen molar-refractivity contribution in [3.63, 3.8) is 0 Å². The first-order valence-corrected chi connectivity index (χ1v) is 9.60. The molecule has 0 aliphatic carbocycles. The van der Waals surface area contributed by atoms with E-state index in [2.05, 4.69) is 5.32 Å². The van der Waals surface area contributed by atoms with Crippen LogP contribution in [0.2, 0.25) is 0 Å². The predicted molar refractivity (Wildman–Crippen MR) is 113 cm³/mol. The van der Waals surface area contributed by atoms with E-state index >= 15 is 0 Å². The molecule has 3 aromatic rings. The first-order valence-electron chi connectivity index (χ1n) is 9.60. The Bertz CT molecular complexity index is 1160. The van der Waals surface area contributed by atoms with E-state index in [1.54, 1.807) is 55.5 Å². The molecule has 0 spiro atoms. The molecule has 1 heterocycles. The molecule has 7 nitrogen and oxygen atoms in total. The third-order valence-electron chi connectivity index (χ3n) is 5.07. The number of benzene rings is 2. The molecular weight excluding hydrogens is 370 g/mol. The number of carbonyl (C=O) groups is 1. The highest BCUT2D eigenvalue weighted by molar-refractivity contribution is 5.84. The maximum atomic E-state index is 13.4. The van der Waals surface area contributed by atoms with E-state index in [0.29, 0.717) is 22.3 Å². The second kappa shape index (κ2) is 8.34. The zero-order valence-electron chi connectivity index (χ0n) is 17.0. The molecule has 0 aliphatic heterocycles. The second-order valence-corrected chi connectivity index (χ2v) is 7.01. The Labute approximate surface area is 168 Å². The van der Waals surface area contributed by atoms with E-state index in [0.717, 1.165) is 11.0 Å². The summed E-state index contributed by atoms with van der Waals surface area (Å²) in [5.74, 6) is 0.249.